The van der Waals surface area contributed by atoms with Crippen LogP contribution in [-0.2, 0) is 4.79 Å². The van der Waals surface area contributed by atoms with Crippen molar-refractivity contribution in [1.29, 1.82) is 0 Å². The number of nitrogens with zero attached hydrogens (tertiary/aromatic N) is 1. The van der Waals surface area contributed by atoms with Crippen LogP contribution in [-0.4, -0.2) is 16.1 Å². The van der Waals surface area contributed by atoms with Crippen LogP contribution in [0, 0.1) is 5.92 Å². The minimum absolute atomic E-state index is 0.184. The minimum atomic E-state index is -0.684. The normalized spacial score (nSPS) is 23.2. The van der Waals surface area contributed by atoms with Gasteiger partial charge in [0.15, 0.2) is 0 Å². The second-order valence-electron chi connectivity index (χ2n) is 4.23. The summed E-state index contributed by atoms with van der Waals surface area (Å²) in [5.74, 6) is -0.696. The van der Waals surface area contributed by atoms with Gasteiger partial charge in [-0.1, -0.05) is 18.2 Å². The number of pyridine rings is 1. The second-order valence-corrected chi connectivity index (χ2v) is 4.23. The van der Waals surface area contributed by atoms with Gasteiger partial charge in [0.25, 0.3) is 0 Å². The highest BCUT2D eigenvalue weighted by Crippen LogP contribution is 2.49. The molecule has 3 nitrogen and oxygen atoms in total. The van der Waals surface area contributed by atoms with Gasteiger partial charge in [-0.2, -0.15) is 0 Å². The van der Waals surface area contributed by atoms with Crippen LogP contribution in [0.1, 0.15) is 17.9 Å². The Kier molecular flexibility index (Phi) is 1.93. The number of benzene rings is 1. The molecule has 3 heteroatoms. The number of carboxylic acids is 1. The molecule has 1 aliphatic carbocycles. The lowest BCUT2D eigenvalue weighted by Crippen LogP contribution is -1.99. The molecule has 0 saturated heterocycles. The molecule has 0 amide bonds. The number of rotatable bonds is 2. The summed E-state index contributed by atoms with van der Waals surface area (Å²) in [5, 5.41) is 11.2. The predicted octanol–water partition coefficient (Wildman–Crippen LogP) is 2.42. The summed E-state index contributed by atoms with van der Waals surface area (Å²) < 4.78 is 0. The summed E-state index contributed by atoms with van der Waals surface area (Å²) in [6.45, 7) is 0. The van der Waals surface area contributed by atoms with Crippen molar-refractivity contribution in [2.45, 2.75) is 12.3 Å². The van der Waals surface area contributed by atoms with Crippen molar-refractivity contribution in [3.05, 3.63) is 42.2 Å². The van der Waals surface area contributed by atoms with Crippen molar-refractivity contribution >= 4 is 16.7 Å². The predicted molar refractivity (Wildman–Crippen MR) is 60.2 cm³/mol. The van der Waals surface area contributed by atoms with Crippen LogP contribution in [0.2, 0.25) is 0 Å². The van der Waals surface area contributed by atoms with Crippen LogP contribution >= 0.6 is 0 Å². The Hall–Kier alpha value is -1.90. The Labute approximate surface area is 92.7 Å². The molecule has 1 aromatic carbocycles. The SMILES string of the molecule is O=C(O)C1CC1c1cccc2cnccc12. The number of aromatic nitrogens is 1. The molecule has 2 unspecified atom stereocenters. The van der Waals surface area contributed by atoms with E-state index >= 15 is 0 Å². The van der Waals surface area contributed by atoms with Crippen LogP contribution in [0.3, 0.4) is 0 Å². The minimum Gasteiger partial charge on any atom is -0.481 e. The van der Waals surface area contributed by atoms with E-state index in [1.807, 2.05) is 30.5 Å². The topological polar surface area (TPSA) is 50.2 Å². The zero-order valence-electron chi connectivity index (χ0n) is 8.63. The van der Waals surface area contributed by atoms with Crippen molar-refractivity contribution in [3.8, 4) is 0 Å². The van der Waals surface area contributed by atoms with Gasteiger partial charge in [0.2, 0.25) is 0 Å². The highest BCUT2D eigenvalue weighted by molar-refractivity contribution is 5.87. The van der Waals surface area contributed by atoms with E-state index in [0.717, 1.165) is 22.8 Å². The zero-order valence-corrected chi connectivity index (χ0v) is 8.63. The first-order valence-electron chi connectivity index (χ1n) is 5.33. The number of carboxylic acid groups (broad SMARTS) is 1. The third-order valence-corrected chi connectivity index (χ3v) is 3.22. The molecule has 0 spiro atoms. The quantitative estimate of drug-likeness (QED) is 0.833. The summed E-state index contributed by atoms with van der Waals surface area (Å²) in [5.41, 5.74) is 1.15. The Bertz CT molecular complexity index is 559. The lowest BCUT2D eigenvalue weighted by molar-refractivity contribution is -0.138. The van der Waals surface area contributed by atoms with Crippen LogP contribution in [0.25, 0.3) is 10.8 Å². The van der Waals surface area contributed by atoms with E-state index in [1.165, 1.54) is 0 Å². The fourth-order valence-corrected chi connectivity index (χ4v) is 2.28. The molecule has 2 atom stereocenters. The number of carbonyl (C=O) groups is 1. The van der Waals surface area contributed by atoms with E-state index in [-0.39, 0.29) is 11.8 Å². The summed E-state index contributed by atoms with van der Waals surface area (Å²) >= 11 is 0. The van der Waals surface area contributed by atoms with Crippen molar-refractivity contribution in [2.75, 3.05) is 0 Å². The summed E-state index contributed by atoms with van der Waals surface area (Å²) in [4.78, 5) is 14.9. The fourth-order valence-electron chi connectivity index (χ4n) is 2.28. The van der Waals surface area contributed by atoms with E-state index < -0.39 is 5.97 Å². The molecule has 1 saturated carbocycles. The summed E-state index contributed by atoms with van der Waals surface area (Å²) in [7, 11) is 0. The first-order valence-corrected chi connectivity index (χ1v) is 5.33. The van der Waals surface area contributed by atoms with Crippen LogP contribution in [0.4, 0.5) is 0 Å². The molecule has 3 rings (SSSR count). The van der Waals surface area contributed by atoms with Gasteiger partial charge >= 0.3 is 5.97 Å². The maximum Gasteiger partial charge on any atom is 0.307 e. The Morgan fingerprint density at radius 1 is 1.38 bits per heavy atom. The van der Waals surface area contributed by atoms with Crippen molar-refractivity contribution in [1.82, 2.24) is 4.98 Å². The van der Waals surface area contributed by atoms with E-state index in [2.05, 4.69) is 4.98 Å². The molecule has 0 bridgehead atoms. The third kappa shape index (κ3) is 1.36. The molecular formula is C13H11NO2. The summed E-state index contributed by atoms with van der Waals surface area (Å²) in [6, 6.07) is 7.96. The first kappa shape index (κ1) is 9.33. The first-order chi connectivity index (χ1) is 7.77. The number of fused-ring (bicyclic) bond motifs is 1. The standard InChI is InChI=1S/C13H11NO2/c15-13(16)12-6-11(12)10-3-1-2-8-7-14-5-4-9(8)10/h1-5,7,11-12H,6H2,(H,15,16). The Morgan fingerprint density at radius 3 is 3.00 bits per heavy atom. The van der Waals surface area contributed by atoms with Gasteiger partial charge in [0.05, 0.1) is 5.92 Å². The zero-order chi connectivity index (χ0) is 11.1. The third-order valence-electron chi connectivity index (χ3n) is 3.22. The van der Waals surface area contributed by atoms with E-state index in [1.54, 1.807) is 6.20 Å². The molecule has 80 valence electrons. The van der Waals surface area contributed by atoms with Crippen molar-refractivity contribution < 1.29 is 9.90 Å². The largest absolute Gasteiger partial charge is 0.481 e. The lowest BCUT2D eigenvalue weighted by Gasteiger charge is -2.04. The molecule has 1 fully saturated rings. The molecule has 2 aromatic rings. The van der Waals surface area contributed by atoms with Crippen molar-refractivity contribution in [2.24, 2.45) is 5.92 Å². The van der Waals surface area contributed by atoms with Gasteiger partial charge in [-0.25, -0.2) is 0 Å². The van der Waals surface area contributed by atoms with E-state index in [9.17, 15) is 4.79 Å². The van der Waals surface area contributed by atoms with Gasteiger partial charge < -0.3 is 5.11 Å². The monoisotopic (exact) mass is 213 g/mol. The molecule has 1 N–H and O–H groups in total. The molecule has 1 aromatic heterocycles. The highest BCUT2D eigenvalue weighted by atomic mass is 16.4. The molecule has 16 heavy (non-hydrogen) atoms. The van der Waals surface area contributed by atoms with Gasteiger partial charge in [-0.3, -0.25) is 9.78 Å². The fraction of sp³-hybridized carbons (Fsp3) is 0.231. The molecular weight excluding hydrogens is 202 g/mol. The number of hydrogen-bond donors (Lipinski definition) is 1. The smallest absolute Gasteiger partial charge is 0.307 e. The van der Waals surface area contributed by atoms with Crippen LogP contribution in [0.5, 0.6) is 0 Å². The Morgan fingerprint density at radius 2 is 2.25 bits per heavy atom. The second kappa shape index (κ2) is 3.30. The van der Waals surface area contributed by atoms with E-state index in [0.29, 0.717) is 0 Å². The Balaban J connectivity index is 2.08. The van der Waals surface area contributed by atoms with Gasteiger partial charge in [-0.15, -0.1) is 0 Å². The van der Waals surface area contributed by atoms with Gasteiger partial charge in [0.1, 0.15) is 0 Å². The number of hydrogen-bond acceptors (Lipinski definition) is 2. The number of aliphatic carboxylic acids is 1. The van der Waals surface area contributed by atoms with Crippen LogP contribution in [0.15, 0.2) is 36.7 Å². The maximum atomic E-state index is 10.9. The molecule has 0 aliphatic heterocycles. The lowest BCUT2D eigenvalue weighted by atomic mass is 10.0. The molecule has 0 radical (unpaired) electrons. The highest BCUT2D eigenvalue weighted by Gasteiger charge is 2.44. The average Bonchev–Trinajstić information content (AvgIpc) is 3.08. The molecule has 1 heterocycles. The van der Waals surface area contributed by atoms with E-state index in [4.69, 9.17) is 5.11 Å². The van der Waals surface area contributed by atoms with Crippen molar-refractivity contribution in [3.63, 3.8) is 0 Å². The van der Waals surface area contributed by atoms with Gasteiger partial charge in [-0.05, 0) is 29.4 Å². The average molecular weight is 213 g/mol. The van der Waals surface area contributed by atoms with Gasteiger partial charge in [0, 0.05) is 17.8 Å². The van der Waals surface area contributed by atoms with Crippen LogP contribution < -0.4 is 0 Å². The molecule has 1 aliphatic rings. The maximum absolute atomic E-state index is 10.9. The summed E-state index contributed by atoms with van der Waals surface area (Å²) in [6.07, 6.45) is 4.33.